The molecule has 2 aromatic rings. The summed E-state index contributed by atoms with van der Waals surface area (Å²) in [6.07, 6.45) is -0.135. The van der Waals surface area contributed by atoms with Gasteiger partial charge < -0.3 is 27.0 Å². The maximum atomic E-state index is 9.90. The van der Waals surface area contributed by atoms with E-state index in [9.17, 15) is 4.79 Å². The number of amides is 1. The van der Waals surface area contributed by atoms with Gasteiger partial charge in [0, 0.05) is 25.2 Å². The van der Waals surface area contributed by atoms with Gasteiger partial charge in [0.25, 0.3) is 0 Å². The zero-order valence-corrected chi connectivity index (χ0v) is 20.8. The van der Waals surface area contributed by atoms with Crippen molar-refractivity contribution in [3.8, 4) is 5.75 Å². The van der Waals surface area contributed by atoms with E-state index in [1.807, 2.05) is 36.1 Å². The van der Waals surface area contributed by atoms with Crippen LogP contribution in [0.15, 0.2) is 30.3 Å². The van der Waals surface area contributed by atoms with Crippen molar-refractivity contribution in [2.45, 2.75) is 46.3 Å². The van der Waals surface area contributed by atoms with Crippen LogP contribution in [0.2, 0.25) is 5.02 Å². The number of ether oxygens (including phenoxy) is 2. The van der Waals surface area contributed by atoms with Crippen LogP contribution in [0.4, 0.5) is 4.79 Å². The number of hydrogen-bond acceptors (Lipinski definition) is 4. The smallest absolute Gasteiger partial charge is 0.227 e. The molecule has 0 aromatic heterocycles. The molecule has 0 fully saturated rings. The third-order valence-electron chi connectivity index (χ3n) is 3.59. The molecule has 0 bridgehead atoms. The molecule has 164 valence electrons. The van der Waals surface area contributed by atoms with Gasteiger partial charge in [0.2, 0.25) is 6.09 Å². The number of carbonyl (C=O) groups is 1. The Morgan fingerprint density at radius 3 is 2.28 bits per heavy atom. The monoisotopic (exact) mass is 597 g/mol. The van der Waals surface area contributed by atoms with Gasteiger partial charge in [-0.1, -0.05) is 42.4 Å². The SMILES string of the molecule is CC(C)(C)OC([NH-])=O.[CH2-]CCN([CH2-])Cc1cc(Cl)c(OCC)c2ccccc12.[Os]. The minimum atomic E-state index is -0.975. The first-order valence-electron chi connectivity index (χ1n) is 9.21. The molecule has 0 atom stereocenters. The predicted molar refractivity (Wildman–Crippen MR) is 116 cm³/mol. The van der Waals surface area contributed by atoms with E-state index < -0.39 is 11.7 Å². The van der Waals surface area contributed by atoms with E-state index >= 15 is 0 Å². The molecule has 0 aliphatic heterocycles. The van der Waals surface area contributed by atoms with Gasteiger partial charge in [-0.25, -0.2) is 0 Å². The summed E-state index contributed by atoms with van der Waals surface area (Å²) in [4.78, 5) is 11.9. The summed E-state index contributed by atoms with van der Waals surface area (Å²) in [6.45, 7) is 13.2. The normalized spacial score (nSPS) is 10.8. The van der Waals surface area contributed by atoms with Crippen LogP contribution in [0, 0.1) is 14.0 Å². The van der Waals surface area contributed by atoms with E-state index in [0.717, 1.165) is 41.6 Å². The summed E-state index contributed by atoms with van der Waals surface area (Å²) >= 11 is 6.37. The first kappa shape index (κ1) is 27.7. The van der Waals surface area contributed by atoms with Gasteiger partial charge in [-0.15, -0.1) is 0 Å². The minimum absolute atomic E-state index is 0. The number of halogens is 1. The Morgan fingerprint density at radius 2 is 1.83 bits per heavy atom. The van der Waals surface area contributed by atoms with Gasteiger partial charge in [-0.05, 0) is 51.3 Å². The standard InChI is InChI=1S/C17H20ClNO.C5H11NO2.Os/c1-4-10-19(3)12-13-11-16(18)17(20-5-2)15-9-7-6-8-14(13)15;1-5(2,3)8-4(6)7;/h6-9,11H,1,3-5,10,12H2,2H3;1-3H3,(H2,6,7);/q-2;;/p-1. The van der Waals surface area contributed by atoms with E-state index in [4.69, 9.17) is 22.1 Å². The average molecular weight is 596 g/mol. The zero-order chi connectivity index (χ0) is 21.3. The molecule has 0 aliphatic rings. The Labute approximate surface area is 192 Å². The maximum Gasteiger partial charge on any atom is 0.227 e. The molecule has 5 nitrogen and oxygen atoms in total. The van der Waals surface area contributed by atoms with Crippen LogP contribution in [0.5, 0.6) is 5.75 Å². The minimum Gasteiger partial charge on any atom is -0.632 e. The fourth-order valence-electron chi connectivity index (χ4n) is 2.63. The quantitative estimate of drug-likeness (QED) is 0.350. The van der Waals surface area contributed by atoms with Gasteiger partial charge in [-0.3, -0.25) is 11.8 Å². The van der Waals surface area contributed by atoms with E-state index in [2.05, 4.69) is 24.8 Å². The van der Waals surface area contributed by atoms with Crippen molar-refractivity contribution < 1.29 is 34.1 Å². The molecule has 0 spiro atoms. The Morgan fingerprint density at radius 1 is 1.24 bits per heavy atom. The fourth-order valence-corrected chi connectivity index (χ4v) is 2.92. The van der Waals surface area contributed by atoms with Gasteiger partial charge >= 0.3 is 0 Å². The molecule has 0 aliphatic carbocycles. The van der Waals surface area contributed by atoms with Crippen molar-refractivity contribution in [3.05, 3.63) is 60.6 Å². The molecule has 29 heavy (non-hydrogen) atoms. The maximum absolute atomic E-state index is 9.90. The number of nitrogens with one attached hydrogen (secondary N) is 1. The number of carbonyl (C=O) groups excluding carboxylic acids is 1. The van der Waals surface area contributed by atoms with Gasteiger partial charge in [0.15, 0.2) is 0 Å². The summed E-state index contributed by atoms with van der Waals surface area (Å²) in [7, 11) is 4.04. The van der Waals surface area contributed by atoms with Gasteiger partial charge in [0.05, 0.1) is 11.6 Å². The van der Waals surface area contributed by atoms with Gasteiger partial charge in [-0.2, -0.15) is 6.42 Å². The average Bonchev–Trinajstić information content (AvgIpc) is 2.57. The van der Waals surface area contributed by atoms with Crippen molar-refractivity contribution >= 4 is 28.5 Å². The summed E-state index contributed by atoms with van der Waals surface area (Å²) in [5, 5.41) is 2.88. The number of nitrogens with zero attached hydrogens (tertiary/aromatic N) is 1. The second-order valence-corrected chi connectivity index (χ2v) is 7.64. The van der Waals surface area contributed by atoms with Gasteiger partial charge in [0.1, 0.15) is 11.4 Å². The molecule has 0 radical (unpaired) electrons. The number of benzene rings is 2. The first-order chi connectivity index (χ1) is 13.1. The molecular formula is C22H30ClN2O3Os-3. The summed E-state index contributed by atoms with van der Waals surface area (Å²) in [6, 6.07) is 10.2. The molecular weight excluding hydrogens is 566 g/mol. The molecule has 0 unspecified atom stereocenters. The van der Waals surface area contributed by atoms with Crippen molar-refractivity contribution in [3.63, 3.8) is 0 Å². The number of fused-ring (bicyclic) bond motifs is 1. The molecule has 2 aromatic carbocycles. The summed E-state index contributed by atoms with van der Waals surface area (Å²) in [5.74, 6) is 0.765. The third-order valence-corrected chi connectivity index (χ3v) is 3.87. The second-order valence-electron chi connectivity index (χ2n) is 7.23. The van der Waals surface area contributed by atoms with E-state index in [1.54, 1.807) is 20.8 Å². The van der Waals surface area contributed by atoms with Crippen LogP contribution in [-0.4, -0.2) is 29.7 Å². The van der Waals surface area contributed by atoms with Crippen LogP contribution in [0.3, 0.4) is 0 Å². The van der Waals surface area contributed by atoms with Crippen LogP contribution < -0.4 is 4.74 Å². The van der Waals surface area contributed by atoms with Crippen molar-refractivity contribution in [2.75, 3.05) is 13.2 Å². The largest absolute Gasteiger partial charge is 0.632 e. The third kappa shape index (κ3) is 9.80. The summed E-state index contributed by atoms with van der Waals surface area (Å²) < 4.78 is 10.2. The van der Waals surface area contributed by atoms with E-state index in [1.165, 1.54) is 0 Å². The van der Waals surface area contributed by atoms with Crippen LogP contribution in [0.1, 0.15) is 39.7 Å². The molecule has 0 saturated carbocycles. The number of rotatable bonds is 6. The van der Waals surface area contributed by atoms with Crippen molar-refractivity contribution in [1.29, 1.82) is 0 Å². The molecule has 7 heteroatoms. The fraction of sp³-hybridized carbons (Fsp3) is 0.409. The van der Waals surface area contributed by atoms with E-state index in [0.29, 0.717) is 11.6 Å². The van der Waals surface area contributed by atoms with Crippen LogP contribution >= 0.6 is 11.6 Å². The van der Waals surface area contributed by atoms with Crippen LogP contribution in [0.25, 0.3) is 16.5 Å². The molecule has 0 heterocycles. The molecule has 1 amide bonds. The first-order valence-corrected chi connectivity index (χ1v) is 9.59. The van der Waals surface area contributed by atoms with Crippen LogP contribution in [-0.2, 0) is 31.1 Å². The summed E-state index contributed by atoms with van der Waals surface area (Å²) in [5.41, 5.74) is 7.02. The Bertz CT molecular complexity index is 778. The zero-order valence-electron chi connectivity index (χ0n) is 17.5. The van der Waals surface area contributed by atoms with E-state index in [-0.39, 0.29) is 19.8 Å². The molecule has 1 N–H and O–H groups in total. The molecule has 2 rings (SSSR count). The Balaban J connectivity index is 0.000000747. The van der Waals surface area contributed by atoms with Crippen molar-refractivity contribution in [2.24, 2.45) is 0 Å². The number of hydrogen-bond donors (Lipinski definition) is 0. The predicted octanol–water partition coefficient (Wildman–Crippen LogP) is 6.68. The molecule has 0 saturated heterocycles. The topological polar surface area (TPSA) is 62.6 Å². The second kappa shape index (κ2) is 13.1. The Kier molecular flexibility index (Phi) is 12.5. The van der Waals surface area contributed by atoms with Crippen molar-refractivity contribution in [1.82, 2.24) is 4.90 Å². The Hall–Kier alpha value is -1.34.